The van der Waals surface area contributed by atoms with Gasteiger partial charge in [-0.1, -0.05) is 0 Å². The second-order valence-corrected chi connectivity index (χ2v) is 2.00. The SMILES string of the molecule is O=C(O)C(=O)Nc1ccncc1.[LiH]. The maximum atomic E-state index is 10.6. The van der Waals surface area contributed by atoms with Crippen LogP contribution in [0.2, 0.25) is 0 Å². The summed E-state index contributed by atoms with van der Waals surface area (Å²) in [6.07, 6.45) is 2.91. The van der Waals surface area contributed by atoms with E-state index in [2.05, 4.69) is 10.3 Å². The Bertz CT molecular complexity index is 302. The molecule has 1 heterocycles. The molecule has 2 N–H and O–H groups in total. The predicted octanol–water partition coefficient (Wildman–Crippen LogP) is -0.544. The molecule has 0 saturated carbocycles. The van der Waals surface area contributed by atoms with Crippen LogP contribution in [0.15, 0.2) is 24.5 Å². The number of carbonyl (C=O) groups excluding carboxylic acids is 1. The molecule has 0 aliphatic rings. The molecule has 1 aromatic heterocycles. The monoisotopic (exact) mass is 174 g/mol. The fourth-order valence-corrected chi connectivity index (χ4v) is 0.620. The molecule has 0 fully saturated rings. The van der Waals surface area contributed by atoms with Crippen molar-refractivity contribution in [3.63, 3.8) is 0 Å². The zero-order chi connectivity index (χ0) is 8.97. The van der Waals surface area contributed by atoms with Crippen LogP contribution in [-0.2, 0) is 9.59 Å². The number of rotatable bonds is 1. The summed E-state index contributed by atoms with van der Waals surface area (Å²) < 4.78 is 0. The Hall–Kier alpha value is -1.31. The first-order valence-electron chi connectivity index (χ1n) is 3.14. The van der Waals surface area contributed by atoms with Crippen LogP contribution in [0.1, 0.15) is 0 Å². The Balaban J connectivity index is 0.00000144. The molecule has 5 nitrogen and oxygen atoms in total. The van der Waals surface area contributed by atoms with E-state index < -0.39 is 11.9 Å². The molecule has 0 unspecified atom stereocenters. The average molecular weight is 174 g/mol. The fraction of sp³-hybridized carbons (Fsp3) is 0. The number of carbonyl (C=O) groups is 2. The normalized spacial score (nSPS) is 8.31. The van der Waals surface area contributed by atoms with E-state index in [1.807, 2.05) is 0 Å². The van der Waals surface area contributed by atoms with Crippen molar-refractivity contribution in [2.45, 2.75) is 0 Å². The molecule has 0 saturated heterocycles. The summed E-state index contributed by atoms with van der Waals surface area (Å²) >= 11 is 0. The minimum atomic E-state index is -1.51. The van der Waals surface area contributed by atoms with Crippen molar-refractivity contribution in [1.82, 2.24) is 4.98 Å². The predicted molar refractivity (Wildman–Crippen MR) is 47.7 cm³/mol. The Morgan fingerprint density at radius 1 is 1.31 bits per heavy atom. The van der Waals surface area contributed by atoms with E-state index in [1.54, 1.807) is 0 Å². The molecule has 0 atom stereocenters. The van der Waals surface area contributed by atoms with E-state index in [-0.39, 0.29) is 18.9 Å². The molecule has 0 aromatic carbocycles. The van der Waals surface area contributed by atoms with Crippen LogP contribution in [0.25, 0.3) is 0 Å². The van der Waals surface area contributed by atoms with Gasteiger partial charge in [-0.3, -0.25) is 9.78 Å². The van der Waals surface area contributed by atoms with Crippen LogP contribution in [0, 0.1) is 0 Å². The third-order valence-corrected chi connectivity index (χ3v) is 1.13. The second-order valence-electron chi connectivity index (χ2n) is 2.00. The van der Waals surface area contributed by atoms with E-state index in [9.17, 15) is 9.59 Å². The molecule has 1 amide bonds. The summed E-state index contributed by atoms with van der Waals surface area (Å²) in [5.74, 6) is -2.56. The summed E-state index contributed by atoms with van der Waals surface area (Å²) in [6, 6.07) is 3.00. The number of aliphatic carboxylic acids is 1. The Morgan fingerprint density at radius 3 is 2.31 bits per heavy atom. The van der Waals surface area contributed by atoms with Crippen LogP contribution in [0.4, 0.5) is 5.69 Å². The van der Waals surface area contributed by atoms with E-state index in [4.69, 9.17) is 5.11 Å². The summed E-state index contributed by atoms with van der Waals surface area (Å²) in [4.78, 5) is 24.4. The van der Waals surface area contributed by atoms with Crippen molar-refractivity contribution in [1.29, 1.82) is 0 Å². The third-order valence-electron chi connectivity index (χ3n) is 1.13. The number of anilines is 1. The summed E-state index contributed by atoms with van der Waals surface area (Å²) in [6.45, 7) is 0. The Kier molecular flexibility index (Phi) is 4.81. The molecular formula is C7H7LiN2O3. The number of hydrogen-bond acceptors (Lipinski definition) is 3. The summed E-state index contributed by atoms with van der Waals surface area (Å²) in [7, 11) is 0. The maximum absolute atomic E-state index is 10.6. The molecule has 1 rings (SSSR count). The van der Waals surface area contributed by atoms with Crippen LogP contribution in [-0.4, -0.2) is 40.8 Å². The zero-order valence-electron chi connectivity index (χ0n) is 6.02. The van der Waals surface area contributed by atoms with Gasteiger partial charge in [-0.2, -0.15) is 0 Å². The molecule has 6 heteroatoms. The van der Waals surface area contributed by atoms with E-state index in [1.165, 1.54) is 24.5 Å². The Labute approximate surface area is 86.3 Å². The number of amides is 1. The van der Waals surface area contributed by atoms with Gasteiger partial charge in [0.05, 0.1) is 0 Å². The molecule has 0 aliphatic heterocycles. The molecule has 0 spiro atoms. The third kappa shape index (κ3) is 3.74. The van der Waals surface area contributed by atoms with Gasteiger partial charge in [0.1, 0.15) is 0 Å². The first-order valence-corrected chi connectivity index (χ1v) is 3.14. The molecular weight excluding hydrogens is 167 g/mol. The number of hydrogen-bond donors (Lipinski definition) is 2. The van der Waals surface area contributed by atoms with Crippen LogP contribution < -0.4 is 5.32 Å². The number of nitrogens with one attached hydrogen (secondary N) is 1. The van der Waals surface area contributed by atoms with Crippen molar-refractivity contribution < 1.29 is 14.7 Å². The molecule has 1 aromatic rings. The summed E-state index contributed by atoms with van der Waals surface area (Å²) in [5, 5.41) is 10.4. The second kappa shape index (κ2) is 5.35. The number of nitrogens with zero attached hydrogens (tertiary/aromatic N) is 1. The number of carboxylic acid groups (broad SMARTS) is 1. The van der Waals surface area contributed by atoms with Crippen molar-refractivity contribution in [2.24, 2.45) is 0 Å². The summed E-state index contributed by atoms with van der Waals surface area (Å²) in [5.41, 5.74) is 0.414. The van der Waals surface area contributed by atoms with E-state index in [0.29, 0.717) is 5.69 Å². The van der Waals surface area contributed by atoms with Crippen molar-refractivity contribution in [3.05, 3.63) is 24.5 Å². The van der Waals surface area contributed by atoms with Crippen LogP contribution >= 0.6 is 0 Å². The fourth-order valence-electron chi connectivity index (χ4n) is 0.620. The molecule has 0 bridgehead atoms. The molecule has 13 heavy (non-hydrogen) atoms. The van der Waals surface area contributed by atoms with E-state index in [0.717, 1.165) is 0 Å². The Morgan fingerprint density at radius 2 is 1.85 bits per heavy atom. The first-order chi connectivity index (χ1) is 5.70. The van der Waals surface area contributed by atoms with Gasteiger partial charge in [0.2, 0.25) is 0 Å². The van der Waals surface area contributed by atoms with E-state index >= 15 is 0 Å². The van der Waals surface area contributed by atoms with Crippen molar-refractivity contribution >= 4 is 36.4 Å². The van der Waals surface area contributed by atoms with Gasteiger partial charge in [0.25, 0.3) is 0 Å². The topological polar surface area (TPSA) is 79.3 Å². The quantitative estimate of drug-likeness (QED) is 0.442. The minimum absolute atomic E-state index is 0. The van der Waals surface area contributed by atoms with Gasteiger partial charge in [-0.15, -0.1) is 0 Å². The zero-order valence-corrected chi connectivity index (χ0v) is 6.02. The van der Waals surface area contributed by atoms with Crippen LogP contribution in [0.3, 0.4) is 0 Å². The van der Waals surface area contributed by atoms with Gasteiger partial charge in [0, 0.05) is 18.1 Å². The van der Waals surface area contributed by atoms with Gasteiger partial charge in [-0.05, 0) is 12.1 Å². The van der Waals surface area contributed by atoms with Gasteiger partial charge in [0.15, 0.2) is 0 Å². The number of aromatic nitrogens is 1. The van der Waals surface area contributed by atoms with Crippen molar-refractivity contribution in [2.75, 3.05) is 5.32 Å². The van der Waals surface area contributed by atoms with Gasteiger partial charge in [-0.25, -0.2) is 4.79 Å². The van der Waals surface area contributed by atoms with Gasteiger partial charge >= 0.3 is 30.7 Å². The molecule has 64 valence electrons. The van der Waals surface area contributed by atoms with Gasteiger partial charge < -0.3 is 10.4 Å². The molecule has 0 aliphatic carbocycles. The van der Waals surface area contributed by atoms with Crippen LogP contribution in [0.5, 0.6) is 0 Å². The molecule has 0 radical (unpaired) electrons. The first kappa shape index (κ1) is 11.7. The number of pyridine rings is 1. The average Bonchev–Trinajstić information content (AvgIpc) is 2.06. The number of carboxylic acids is 1. The standard InChI is InChI=1S/C7H6N2O3.Li.H/c10-6(7(11)12)9-5-1-3-8-4-2-5;;/h1-4H,(H,11,12)(H,8,9,10);;. The van der Waals surface area contributed by atoms with Crippen molar-refractivity contribution in [3.8, 4) is 0 Å².